The summed E-state index contributed by atoms with van der Waals surface area (Å²) >= 11 is 3.68. The first-order valence-corrected chi connectivity index (χ1v) is 8.17. The summed E-state index contributed by atoms with van der Waals surface area (Å²) in [5, 5.41) is 2.06. The Labute approximate surface area is 133 Å². The average molecular weight is 401 g/mol. The molecule has 3 rings (SSSR count). The number of fused-ring (bicyclic) bond motifs is 1. The number of nitrogens with zero attached hydrogens (tertiary/aromatic N) is 2. The van der Waals surface area contributed by atoms with Gasteiger partial charge in [0.15, 0.2) is 0 Å². The molecule has 0 aliphatic carbocycles. The zero-order valence-electron chi connectivity index (χ0n) is 10.8. The minimum absolute atomic E-state index is 0.137. The Bertz CT molecular complexity index is 751. The van der Waals surface area contributed by atoms with Gasteiger partial charge < -0.3 is 10.3 Å². The number of hydrogen-bond acceptors (Lipinski definition) is 3. The number of hydrogen-bond donors (Lipinski definition) is 1. The van der Waals surface area contributed by atoms with E-state index in [1.807, 2.05) is 33.2 Å². The lowest BCUT2D eigenvalue weighted by atomic mass is 10.2. The number of rotatable bonds is 3. The van der Waals surface area contributed by atoms with Gasteiger partial charge in [0.05, 0.1) is 14.6 Å². The van der Waals surface area contributed by atoms with Crippen LogP contribution in [0.1, 0.15) is 17.8 Å². The first-order chi connectivity index (χ1) is 9.56. The fourth-order valence-electron chi connectivity index (χ4n) is 2.38. The molecule has 0 fully saturated rings. The second-order valence-electron chi connectivity index (χ2n) is 4.73. The lowest BCUT2D eigenvalue weighted by Gasteiger charge is -2.15. The monoisotopic (exact) mass is 401 g/mol. The summed E-state index contributed by atoms with van der Waals surface area (Å²) in [4.78, 5) is 5.62. The van der Waals surface area contributed by atoms with Gasteiger partial charge in [0.1, 0.15) is 5.82 Å². The molecule has 1 atom stereocenters. The summed E-state index contributed by atoms with van der Waals surface area (Å²) in [6.45, 7) is 2.08. The van der Waals surface area contributed by atoms with Crippen molar-refractivity contribution in [2.24, 2.45) is 0 Å². The highest BCUT2D eigenvalue weighted by Gasteiger charge is 2.16. The predicted molar refractivity (Wildman–Crippen MR) is 89.6 cm³/mol. The minimum Gasteiger partial charge on any atom is -0.369 e. The van der Waals surface area contributed by atoms with E-state index >= 15 is 0 Å². The van der Waals surface area contributed by atoms with E-state index in [1.165, 1.54) is 10.9 Å². The number of thiophene rings is 1. The third-order valence-electron chi connectivity index (χ3n) is 3.28. The van der Waals surface area contributed by atoms with Gasteiger partial charge in [-0.05, 0) is 47.0 Å². The minimum atomic E-state index is -0.234. The molecule has 3 nitrogen and oxygen atoms in total. The lowest BCUT2D eigenvalue weighted by Crippen LogP contribution is -2.11. The molecule has 20 heavy (non-hydrogen) atoms. The molecule has 6 heteroatoms. The molecule has 0 spiro atoms. The quantitative estimate of drug-likeness (QED) is 0.668. The van der Waals surface area contributed by atoms with Crippen LogP contribution in [0.3, 0.4) is 0 Å². The Kier molecular flexibility index (Phi) is 3.68. The summed E-state index contributed by atoms with van der Waals surface area (Å²) in [5.41, 5.74) is 7.51. The summed E-state index contributed by atoms with van der Waals surface area (Å²) in [6, 6.07) is 7.52. The van der Waals surface area contributed by atoms with Gasteiger partial charge in [-0.25, -0.2) is 9.37 Å². The molecule has 0 aliphatic rings. The van der Waals surface area contributed by atoms with Crippen molar-refractivity contribution >= 4 is 50.9 Å². The highest BCUT2D eigenvalue weighted by atomic mass is 127. The van der Waals surface area contributed by atoms with Crippen LogP contribution in [0.15, 0.2) is 29.6 Å². The number of anilines is 1. The molecule has 0 saturated heterocycles. The summed E-state index contributed by atoms with van der Waals surface area (Å²) in [5.74, 6) is 0.202. The molecule has 0 amide bonds. The van der Waals surface area contributed by atoms with Crippen molar-refractivity contribution in [2.45, 2.75) is 19.4 Å². The Morgan fingerprint density at radius 2 is 2.30 bits per heavy atom. The van der Waals surface area contributed by atoms with E-state index in [0.717, 1.165) is 17.5 Å². The largest absolute Gasteiger partial charge is 0.369 e. The lowest BCUT2D eigenvalue weighted by molar-refractivity contribution is 0.568. The van der Waals surface area contributed by atoms with Gasteiger partial charge in [0, 0.05) is 23.4 Å². The number of nitrogen functional groups attached to an aromatic ring is 1. The molecular weight excluding hydrogens is 388 g/mol. The van der Waals surface area contributed by atoms with E-state index in [4.69, 9.17) is 5.73 Å². The zero-order valence-corrected chi connectivity index (χ0v) is 13.8. The van der Waals surface area contributed by atoms with Crippen molar-refractivity contribution in [1.29, 1.82) is 0 Å². The molecule has 0 saturated carbocycles. The Balaban J connectivity index is 2.06. The maximum absolute atomic E-state index is 13.8. The third-order valence-corrected chi connectivity index (χ3v) is 5.00. The van der Waals surface area contributed by atoms with Gasteiger partial charge in [-0.2, -0.15) is 0 Å². The SMILES string of the molecule is CC(Cc1cccs1)n1c(N)nc2cc(I)c(F)cc21. The number of benzene rings is 1. The van der Waals surface area contributed by atoms with Crippen molar-refractivity contribution in [3.8, 4) is 0 Å². The van der Waals surface area contributed by atoms with Crippen molar-refractivity contribution in [3.63, 3.8) is 0 Å². The summed E-state index contributed by atoms with van der Waals surface area (Å²) in [6.07, 6.45) is 0.862. The first kappa shape index (κ1) is 13.8. The molecular formula is C14H13FIN3S. The fraction of sp³-hybridized carbons (Fsp3) is 0.214. The molecule has 0 aliphatic heterocycles. The van der Waals surface area contributed by atoms with Crippen LogP contribution >= 0.6 is 33.9 Å². The molecule has 1 aromatic carbocycles. The third kappa shape index (κ3) is 2.42. The number of nitrogens with two attached hydrogens (primary N) is 1. The maximum atomic E-state index is 13.8. The predicted octanol–water partition coefficient (Wildman–Crippen LogP) is 4.23. The van der Waals surface area contributed by atoms with Crippen molar-refractivity contribution in [1.82, 2.24) is 9.55 Å². The van der Waals surface area contributed by atoms with Crippen LogP contribution in [0.4, 0.5) is 10.3 Å². The molecule has 2 aromatic heterocycles. The van der Waals surface area contributed by atoms with Gasteiger partial charge in [0.25, 0.3) is 0 Å². The van der Waals surface area contributed by atoms with Crippen LogP contribution in [0.2, 0.25) is 0 Å². The van der Waals surface area contributed by atoms with Crippen molar-refractivity contribution in [3.05, 3.63) is 43.9 Å². The van der Waals surface area contributed by atoms with Crippen LogP contribution in [0.5, 0.6) is 0 Å². The van der Waals surface area contributed by atoms with Crippen LogP contribution in [0, 0.1) is 9.39 Å². The number of imidazole rings is 1. The summed E-state index contributed by atoms with van der Waals surface area (Å²) < 4.78 is 16.3. The van der Waals surface area contributed by atoms with Crippen molar-refractivity contribution < 1.29 is 4.39 Å². The second-order valence-corrected chi connectivity index (χ2v) is 6.92. The summed E-state index contributed by atoms with van der Waals surface area (Å²) in [7, 11) is 0. The zero-order chi connectivity index (χ0) is 14.3. The normalized spacial score (nSPS) is 12.9. The first-order valence-electron chi connectivity index (χ1n) is 6.21. The van der Waals surface area contributed by atoms with E-state index in [-0.39, 0.29) is 11.9 Å². The molecule has 104 valence electrons. The van der Waals surface area contributed by atoms with E-state index < -0.39 is 0 Å². The van der Waals surface area contributed by atoms with E-state index in [9.17, 15) is 4.39 Å². The molecule has 0 bridgehead atoms. The molecule has 0 radical (unpaired) electrons. The smallest absolute Gasteiger partial charge is 0.201 e. The van der Waals surface area contributed by atoms with Crippen LogP contribution in [-0.2, 0) is 6.42 Å². The van der Waals surface area contributed by atoms with Crippen LogP contribution in [0.25, 0.3) is 11.0 Å². The molecule has 3 aromatic rings. The Morgan fingerprint density at radius 3 is 3.00 bits per heavy atom. The van der Waals surface area contributed by atoms with Crippen molar-refractivity contribution in [2.75, 3.05) is 5.73 Å². The standard InChI is InChI=1S/C14H13FIN3S/c1-8(5-9-3-2-4-20-9)19-13-6-10(15)11(16)7-12(13)18-14(19)17/h2-4,6-8H,5H2,1H3,(H2,17,18). The number of halogens is 2. The maximum Gasteiger partial charge on any atom is 0.201 e. The average Bonchev–Trinajstić information content (AvgIpc) is 2.97. The van der Waals surface area contributed by atoms with E-state index in [2.05, 4.69) is 23.4 Å². The fourth-order valence-corrected chi connectivity index (χ4v) is 3.66. The Morgan fingerprint density at radius 1 is 1.50 bits per heavy atom. The molecule has 2 heterocycles. The van der Waals surface area contributed by atoms with Crippen LogP contribution in [-0.4, -0.2) is 9.55 Å². The highest BCUT2D eigenvalue weighted by Crippen LogP contribution is 2.28. The number of aromatic nitrogens is 2. The molecule has 1 unspecified atom stereocenters. The topological polar surface area (TPSA) is 43.8 Å². The molecule has 2 N–H and O–H groups in total. The Hall–Kier alpha value is -1.15. The van der Waals surface area contributed by atoms with Gasteiger partial charge in [-0.3, -0.25) is 0 Å². The van der Waals surface area contributed by atoms with Crippen LogP contribution < -0.4 is 5.73 Å². The van der Waals surface area contributed by atoms with Gasteiger partial charge >= 0.3 is 0 Å². The van der Waals surface area contributed by atoms with E-state index in [1.54, 1.807) is 17.4 Å². The van der Waals surface area contributed by atoms with Gasteiger partial charge in [0.2, 0.25) is 5.95 Å². The van der Waals surface area contributed by atoms with E-state index in [0.29, 0.717) is 9.52 Å². The second kappa shape index (κ2) is 5.33. The highest BCUT2D eigenvalue weighted by molar-refractivity contribution is 14.1. The van der Waals surface area contributed by atoms with Gasteiger partial charge in [-0.1, -0.05) is 6.07 Å². The van der Waals surface area contributed by atoms with Gasteiger partial charge in [-0.15, -0.1) is 11.3 Å².